The van der Waals surface area contributed by atoms with E-state index in [0.29, 0.717) is 40.5 Å². The van der Waals surface area contributed by atoms with E-state index < -0.39 is 24.2 Å². The van der Waals surface area contributed by atoms with Gasteiger partial charge in [-0.1, -0.05) is 72.8 Å². The predicted molar refractivity (Wildman–Crippen MR) is 222 cm³/mol. The number of alkyl carbamates (subject to hydrolysis) is 1. The molecular formula is C47H46N4O8. The second kappa shape index (κ2) is 18.0. The minimum atomic E-state index is -0.883. The summed E-state index contributed by atoms with van der Waals surface area (Å²) in [5.41, 5.74) is 4.49. The Labute approximate surface area is 341 Å². The molecule has 3 unspecified atom stereocenters. The first kappa shape index (κ1) is 39.4. The molecule has 6 aromatic rings. The molecule has 2 bridgehead atoms. The number of aliphatic hydroxyl groups is 1. The number of fused-ring (bicyclic) bond motifs is 4. The molecule has 5 aromatic carbocycles. The Balaban J connectivity index is 0.821. The lowest BCUT2D eigenvalue weighted by Crippen LogP contribution is -2.52. The van der Waals surface area contributed by atoms with Crippen LogP contribution in [0.4, 0.5) is 4.79 Å². The zero-order chi connectivity index (χ0) is 40.7. The number of piperidine rings is 3. The van der Waals surface area contributed by atoms with Crippen molar-refractivity contribution in [2.24, 2.45) is 5.92 Å². The number of rotatable bonds is 14. The van der Waals surface area contributed by atoms with Gasteiger partial charge in [0.15, 0.2) is 0 Å². The van der Waals surface area contributed by atoms with Crippen LogP contribution < -0.4 is 25.7 Å². The van der Waals surface area contributed by atoms with Crippen molar-refractivity contribution in [1.29, 1.82) is 0 Å². The van der Waals surface area contributed by atoms with E-state index in [1.807, 2.05) is 78.9 Å². The number of carbonyl (C=O) groups is 2. The van der Waals surface area contributed by atoms with Crippen molar-refractivity contribution in [1.82, 2.24) is 20.5 Å². The van der Waals surface area contributed by atoms with Crippen LogP contribution in [0, 0.1) is 5.92 Å². The highest BCUT2D eigenvalue weighted by molar-refractivity contribution is 5.91. The number of benzene rings is 5. The molecule has 3 atom stereocenters. The summed E-state index contributed by atoms with van der Waals surface area (Å²) >= 11 is 0. The maximum absolute atomic E-state index is 13.2. The van der Waals surface area contributed by atoms with Gasteiger partial charge in [-0.25, -0.2) is 9.59 Å². The van der Waals surface area contributed by atoms with Gasteiger partial charge >= 0.3 is 12.1 Å². The van der Waals surface area contributed by atoms with Gasteiger partial charge in [-0.05, 0) is 108 Å². The van der Waals surface area contributed by atoms with Crippen LogP contribution in [0.5, 0.6) is 17.2 Å². The molecule has 59 heavy (non-hydrogen) atoms. The summed E-state index contributed by atoms with van der Waals surface area (Å²) in [5, 5.41) is 27.9. The Bertz CT molecular complexity index is 2450. The number of hydrogen-bond donors (Lipinski definition) is 5. The fourth-order valence-electron chi connectivity index (χ4n) is 7.88. The van der Waals surface area contributed by atoms with Crippen LogP contribution in [0.2, 0.25) is 0 Å². The van der Waals surface area contributed by atoms with E-state index in [2.05, 4.69) is 20.5 Å². The number of aliphatic hydroxyl groups excluding tert-OH is 1. The molecule has 3 aliphatic heterocycles. The number of phenols is 1. The molecule has 0 radical (unpaired) electrons. The topological polar surface area (TPSA) is 162 Å². The van der Waals surface area contributed by atoms with Gasteiger partial charge in [0.05, 0.1) is 23.2 Å². The third-order valence-electron chi connectivity index (χ3n) is 11.1. The fraction of sp³-hybridized carbons (Fsp3) is 0.255. The number of amides is 1. The number of nitrogens with one attached hydrogen (secondary N) is 3. The zero-order valence-corrected chi connectivity index (χ0v) is 32.4. The van der Waals surface area contributed by atoms with Gasteiger partial charge < -0.3 is 40.0 Å². The fourth-order valence-corrected chi connectivity index (χ4v) is 7.88. The third-order valence-corrected chi connectivity index (χ3v) is 11.1. The average Bonchev–Trinajstić information content (AvgIpc) is 3.26. The van der Waals surface area contributed by atoms with E-state index in [4.69, 9.17) is 14.2 Å². The number of esters is 1. The summed E-state index contributed by atoms with van der Waals surface area (Å²) in [6, 6.07) is 37.2. The number of ether oxygens (including phenoxy) is 3. The number of phenolic OH excluding ortho intramolecular Hbond substituents is 1. The van der Waals surface area contributed by atoms with E-state index in [0.717, 1.165) is 54.7 Å². The van der Waals surface area contributed by atoms with Crippen LogP contribution in [-0.4, -0.2) is 64.4 Å². The van der Waals surface area contributed by atoms with E-state index in [9.17, 15) is 24.6 Å². The van der Waals surface area contributed by atoms with Crippen molar-refractivity contribution in [2.75, 3.05) is 26.2 Å². The molecule has 0 saturated carbocycles. The molecule has 3 fully saturated rings. The van der Waals surface area contributed by atoms with Gasteiger partial charge in [0.2, 0.25) is 5.56 Å². The van der Waals surface area contributed by atoms with Crippen molar-refractivity contribution in [3.63, 3.8) is 0 Å². The summed E-state index contributed by atoms with van der Waals surface area (Å²) in [5.74, 6) is 0.890. The highest BCUT2D eigenvalue weighted by Gasteiger charge is 2.37. The first-order valence-electron chi connectivity index (χ1n) is 19.9. The van der Waals surface area contributed by atoms with E-state index in [1.54, 1.807) is 36.4 Å². The summed E-state index contributed by atoms with van der Waals surface area (Å²) in [7, 11) is 0. The van der Waals surface area contributed by atoms with Crippen LogP contribution in [-0.2, 0) is 17.9 Å². The monoisotopic (exact) mass is 794 g/mol. The molecule has 4 heterocycles. The zero-order valence-electron chi connectivity index (χ0n) is 32.4. The summed E-state index contributed by atoms with van der Waals surface area (Å²) in [6.07, 6.45) is 0.720. The molecule has 0 aliphatic carbocycles. The Morgan fingerprint density at radius 1 is 0.814 bits per heavy atom. The molecule has 302 valence electrons. The van der Waals surface area contributed by atoms with E-state index in [1.165, 1.54) is 12.1 Å². The second-order valence-electron chi connectivity index (χ2n) is 15.1. The van der Waals surface area contributed by atoms with Crippen molar-refractivity contribution in [3.8, 4) is 17.2 Å². The largest absolute Gasteiger partial charge is 0.506 e. The molecule has 3 saturated heterocycles. The number of aromatic hydroxyl groups is 1. The van der Waals surface area contributed by atoms with Crippen LogP contribution in [0.1, 0.15) is 63.2 Å². The quantitative estimate of drug-likeness (QED) is 0.0588. The van der Waals surface area contributed by atoms with E-state index >= 15 is 0 Å². The Hall–Kier alpha value is -6.47. The molecule has 1 aromatic heterocycles. The molecule has 5 N–H and O–H groups in total. The van der Waals surface area contributed by atoms with Crippen LogP contribution in [0.25, 0.3) is 10.9 Å². The number of H-pyrrole nitrogens is 1. The Kier molecular flexibility index (Phi) is 12.0. The predicted octanol–water partition coefficient (Wildman–Crippen LogP) is 6.76. The molecule has 0 spiro atoms. The molecule has 9 rings (SSSR count). The number of carbonyl (C=O) groups excluding carboxylic acids is 2. The minimum Gasteiger partial charge on any atom is -0.506 e. The lowest BCUT2D eigenvalue weighted by Gasteiger charge is -2.43. The van der Waals surface area contributed by atoms with Crippen molar-refractivity contribution in [2.45, 2.75) is 44.2 Å². The summed E-state index contributed by atoms with van der Waals surface area (Å²) in [4.78, 5) is 42.9. The highest BCUT2D eigenvalue weighted by Crippen LogP contribution is 2.32. The molecule has 12 heteroatoms. The maximum Gasteiger partial charge on any atom is 0.408 e. The number of aromatic nitrogens is 1. The lowest BCUT2D eigenvalue weighted by atomic mass is 9.86. The minimum absolute atomic E-state index is 0.0638. The van der Waals surface area contributed by atoms with Gasteiger partial charge in [0.25, 0.3) is 0 Å². The van der Waals surface area contributed by atoms with Gasteiger partial charge in [0, 0.05) is 31.1 Å². The Morgan fingerprint density at radius 3 is 2.31 bits per heavy atom. The van der Waals surface area contributed by atoms with Crippen LogP contribution in [0.15, 0.2) is 132 Å². The van der Waals surface area contributed by atoms with Gasteiger partial charge in [-0.15, -0.1) is 0 Å². The molecule has 12 nitrogen and oxygen atoms in total. The first-order chi connectivity index (χ1) is 28.8. The third kappa shape index (κ3) is 9.64. The molecule has 1 amide bonds. The second-order valence-corrected chi connectivity index (χ2v) is 15.1. The molecule has 3 aliphatic rings. The van der Waals surface area contributed by atoms with E-state index in [-0.39, 0.29) is 36.1 Å². The van der Waals surface area contributed by atoms with Gasteiger partial charge in [-0.2, -0.15) is 0 Å². The van der Waals surface area contributed by atoms with Crippen molar-refractivity contribution in [3.05, 3.63) is 171 Å². The van der Waals surface area contributed by atoms with Gasteiger partial charge in [-0.3, -0.25) is 9.69 Å². The molecular weight excluding hydrogens is 749 g/mol. The van der Waals surface area contributed by atoms with Gasteiger partial charge in [0.1, 0.15) is 30.0 Å². The SMILES string of the molecule is O=C(NC(c1ccccc1)c1cccc(OCc2ccc(C(=O)Oc3ccc(CNCC(O)c4ccc(O)c5[nH]c(=O)ccc45)cc3)cc2)c1)OC1CN2CCC1CC2. The summed E-state index contributed by atoms with van der Waals surface area (Å²) < 4.78 is 17.8. The standard InChI is InChI=1S/C47H46N4O8/c52-40-19-17-38(39-18-20-43(54)49-45(39)40)41(53)27-48-26-30-11-15-36(16-12-30)58-46(55)34-13-9-31(10-14-34)29-57-37-8-4-7-35(25-37)44(33-5-2-1-3-6-33)50-47(56)59-42-28-51-23-21-32(42)22-24-51/h1-20,25,32,41-42,44,48,52-53H,21-24,26-29H2,(H,49,54)(H,50,56). The first-order valence-corrected chi connectivity index (χ1v) is 19.9. The lowest BCUT2D eigenvalue weighted by molar-refractivity contribution is -0.0336. The average molecular weight is 795 g/mol. The van der Waals surface area contributed by atoms with Crippen molar-refractivity contribution < 1.29 is 34.0 Å². The van der Waals surface area contributed by atoms with Crippen LogP contribution >= 0.6 is 0 Å². The smallest absolute Gasteiger partial charge is 0.408 e. The summed E-state index contributed by atoms with van der Waals surface area (Å²) in [6.45, 7) is 3.88. The number of pyridine rings is 1. The normalized spacial score (nSPS) is 18.2. The maximum atomic E-state index is 13.2. The van der Waals surface area contributed by atoms with Crippen LogP contribution in [0.3, 0.4) is 0 Å². The number of aromatic amines is 1. The number of nitrogens with zero attached hydrogens (tertiary/aromatic N) is 1. The van der Waals surface area contributed by atoms with Crippen molar-refractivity contribution >= 4 is 23.0 Å². The Morgan fingerprint density at radius 2 is 1.56 bits per heavy atom. The highest BCUT2D eigenvalue weighted by atomic mass is 16.6. The number of hydrogen-bond acceptors (Lipinski definition) is 10.